The van der Waals surface area contributed by atoms with Gasteiger partial charge in [0.25, 0.3) is 0 Å². The Morgan fingerprint density at radius 2 is 2.06 bits per heavy atom. The minimum Gasteiger partial charge on any atom is -0.328 e. The van der Waals surface area contributed by atoms with Gasteiger partial charge in [-0.2, -0.15) is 0 Å². The van der Waals surface area contributed by atoms with Gasteiger partial charge in [0.2, 0.25) is 0 Å². The average molecular weight is 218 g/mol. The molecule has 1 aliphatic rings. The molecule has 1 saturated heterocycles. The fourth-order valence-electron chi connectivity index (χ4n) is 2.15. The number of hydrogen-bond acceptors (Lipinski definition) is 3. The van der Waals surface area contributed by atoms with Gasteiger partial charge in [0, 0.05) is 17.6 Å². The number of nitrogens with one attached hydrogen (secondary N) is 1. The summed E-state index contributed by atoms with van der Waals surface area (Å²) in [6.07, 6.45) is 2.02. The molecule has 0 bridgehead atoms. The Morgan fingerprint density at radius 1 is 1.38 bits per heavy atom. The molecule has 3 nitrogen and oxygen atoms in total. The van der Waals surface area contributed by atoms with E-state index in [2.05, 4.69) is 5.32 Å². The first-order valence-corrected chi connectivity index (χ1v) is 5.76. The van der Waals surface area contributed by atoms with Crippen molar-refractivity contribution in [2.75, 3.05) is 6.54 Å². The van der Waals surface area contributed by atoms with Crippen LogP contribution in [0, 0.1) is 0 Å². The van der Waals surface area contributed by atoms with Gasteiger partial charge in [0.1, 0.15) is 0 Å². The van der Waals surface area contributed by atoms with E-state index in [-0.39, 0.29) is 5.78 Å². The van der Waals surface area contributed by atoms with E-state index in [4.69, 9.17) is 5.73 Å². The lowest BCUT2D eigenvalue weighted by Gasteiger charge is -2.28. The van der Waals surface area contributed by atoms with Crippen LogP contribution < -0.4 is 11.1 Å². The molecule has 0 spiro atoms. The highest BCUT2D eigenvalue weighted by atomic mass is 16.1. The zero-order valence-corrected chi connectivity index (χ0v) is 9.57. The van der Waals surface area contributed by atoms with E-state index in [1.165, 1.54) is 5.56 Å². The fraction of sp³-hybridized carbons (Fsp3) is 0.462. The largest absolute Gasteiger partial charge is 0.328 e. The zero-order chi connectivity index (χ0) is 11.5. The summed E-state index contributed by atoms with van der Waals surface area (Å²) in [5.74, 6) is 0.111. The van der Waals surface area contributed by atoms with Crippen LogP contribution in [0.2, 0.25) is 0 Å². The van der Waals surface area contributed by atoms with E-state index in [1.807, 2.05) is 24.3 Å². The minimum atomic E-state index is 0.111. The standard InChI is InChI=1S/C13H18N2O/c1-9(16)10-2-4-11(5-3-10)13-8-12(14)6-7-15-13/h2-5,12-13,15H,6-8,14H2,1H3. The number of piperidine rings is 1. The molecule has 16 heavy (non-hydrogen) atoms. The number of nitrogens with two attached hydrogens (primary N) is 1. The summed E-state index contributed by atoms with van der Waals surface area (Å²) in [7, 11) is 0. The Labute approximate surface area is 96.0 Å². The molecular formula is C13H18N2O. The van der Waals surface area contributed by atoms with Crippen molar-refractivity contribution in [2.45, 2.75) is 31.8 Å². The van der Waals surface area contributed by atoms with E-state index in [0.717, 1.165) is 24.9 Å². The van der Waals surface area contributed by atoms with E-state index in [0.29, 0.717) is 12.1 Å². The summed E-state index contributed by atoms with van der Waals surface area (Å²) >= 11 is 0. The molecular weight excluding hydrogens is 200 g/mol. The molecule has 2 atom stereocenters. The normalized spacial score (nSPS) is 25.4. The van der Waals surface area contributed by atoms with Gasteiger partial charge < -0.3 is 11.1 Å². The van der Waals surface area contributed by atoms with Gasteiger partial charge in [-0.3, -0.25) is 4.79 Å². The Bertz CT molecular complexity index is 372. The number of hydrogen-bond donors (Lipinski definition) is 2. The molecule has 2 unspecified atom stereocenters. The van der Waals surface area contributed by atoms with Crippen molar-refractivity contribution >= 4 is 5.78 Å². The van der Waals surface area contributed by atoms with E-state index >= 15 is 0 Å². The van der Waals surface area contributed by atoms with Crippen molar-refractivity contribution in [2.24, 2.45) is 5.73 Å². The quantitative estimate of drug-likeness (QED) is 0.742. The summed E-state index contributed by atoms with van der Waals surface area (Å²) in [5, 5.41) is 3.45. The maximum Gasteiger partial charge on any atom is 0.159 e. The summed E-state index contributed by atoms with van der Waals surface area (Å²) in [5.41, 5.74) is 7.94. The van der Waals surface area contributed by atoms with Gasteiger partial charge in [0.05, 0.1) is 0 Å². The lowest BCUT2D eigenvalue weighted by Crippen LogP contribution is -2.38. The molecule has 1 heterocycles. The minimum absolute atomic E-state index is 0.111. The number of benzene rings is 1. The molecule has 1 fully saturated rings. The van der Waals surface area contributed by atoms with Gasteiger partial charge in [-0.1, -0.05) is 24.3 Å². The number of Topliss-reactive ketones (excluding diaryl/α,β-unsaturated/α-hetero) is 1. The molecule has 86 valence electrons. The summed E-state index contributed by atoms with van der Waals surface area (Å²) in [6, 6.07) is 8.45. The van der Waals surface area contributed by atoms with Crippen LogP contribution >= 0.6 is 0 Å². The molecule has 0 saturated carbocycles. The van der Waals surface area contributed by atoms with Gasteiger partial charge in [-0.05, 0) is 31.9 Å². The van der Waals surface area contributed by atoms with Crippen molar-refractivity contribution in [3.05, 3.63) is 35.4 Å². The molecule has 2 rings (SSSR count). The number of ketones is 1. The average Bonchev–Trinajstić information content (AvgIpc) is 2.29. The number of rotatable bonds is 2. The predicted octanol–water partition coefficient (Wildman–Crippen LogP) is 1.64. The van der Waals surface area contributed by atoms with E-state index in [1.54, 1.807) is 6.92 Å². The smallest absolute Gasteiger partial charge is 0.159 e. The SMILES string of the molecule is CC(=O)c1ccc(C2CC(N)CCN2)cc1. The summed E-state index contributed by atoms with van der Waals surface area (Å²) in [6.45, 7) is 2.56. The highest BCUT2D eigenvalue weighted by Gasteiger charge is 2.19. The van der Waals surface area contributed by atoms with Gasteiger partial charge >= 0.3 is 0 Å². The Morgan fingerprint density at radius 3 is 2.62 bits per heavy atom. The van der Waals surface area contributed by atoms with Crippen molar-refractivity contribution < 1.29 is 4.79 Å². The lowest BCUT2D eigenvalue weighted by molar-refractivity contribution is 0.101. The number of carbonyl (C=O) groups is 1. The van der Waals surface area contributed by atoms with Crippen LogP contribution in [0.1, 0.15) is 41.7 Å². The Kier molecular flexibility index (Phi) is 3.36. The van der Waals surface area contributed by atoms with Crippen molar-refractivity contribution in [1.82, 2.24) is 5.32 Å². The van der Waals surface area contributed by atoms with Crippen LogP contribution in [0.5, 0.6) is 0 Å². The third-order valence-corrected chi connectivity index (χ3v) is 3.16. The van der Waals surface area contributed by atoms with Gasteiger partial charge in [0.15, 0.2) is 5.78 Å². The van der Waals surface area contributed by atoms with E-state index in [9.17, 15) is 4.79 Å². The molecule has 3 N–H and O–H groups in total. The van der Waals surface area contributed by atoms with Crippen molar-refractivity contribution in [3.8, 4) is 0 Å². The van der Waals surface area contributed by atoms with Crippen LogP contribution in [0.3, 0.4) is 0 Å². The van der Waals surface area contributed by atoms with Crippen LogP contribution in [0.4, 0.5) is 0 Å². The van der Waals surface area contributed by atoms with Crippen LogP contribution in [-0.4, -0.2) is 18.4 Å². The Balaban J connectivity index is 2.11. The Hall–Kier alpha value is -1.19. The summed E-state index contributed by atoms with van der Waals surface area (Å²) in [4.78, 5) is 11.1. The third kappa shape index (κ3) is 2.49. The predicted molar refractivity (Wildman–Crippen MR) is 64.4 cm³/mol. The van der Waals surface area contributed by atoms with Crippen molar-refractivity contribution in [1.29, 1.82) is 0 Å². The lowest BCUT2D eigenvalue weighted by atomic mass is 9.93. The maximum absolute atomic E-state index is 11.1. The molecule has 1 aromatic rings. The molecule has 1 aromatic carbocycles. The molecule has 0 amide bonds. The van der Waals surface area contributed by atoms with E-state index < -0.39 is 0 Å². The van der Waals surface area contributed by atoms with Crippen LogP contribution in [-0.2, 0) is 0 Å². The highest BCUT2D eigenvalue weighted by Crippen LogP contribution is 2.22. The molecule has 0 radical (unpaired) electrons. The molecule has 3 heteroatoms. The zero-order valence-electron chi connectivity index (χ0n) is 9.57. The molecule has 0 aliphatic carbocycles. The maximum atomic E-state index is 11.1. The second-order valence-electron chi connectivity index (χ2n) is 4.47. The number of carbonyl (C=O) groups excluding carboxylic acids is 1. The van der Waals surface area contributed by atoms with Crippen LogP contribution in [0.15, 0.2) is 24.3 Å². The first-order valence-electron chi connectivity index (χ1n) is 5.76. The fourth-order valence-corrected chi connectivity index (χ4v) is 2.15. The van der Waals surface area contributed by atoms with Crippen LogP contribution in [0.25, 0.3) is 0 Å². The molecule has 1 aliphatic heterocycles. The topological polar surface area (TPSA) is 55.1 Å². The van der Waals surface area contributed by atoms with Gasteiger partial charge in [-0.15, -0.1) is 0 Å². The first kappa shape index (κ1) is 11.3. The molecule has 0 aromatic heterocycles. The van der Waals surface area contributed by atoms with Gasteiger partial charge in [-0.25, -0.2) is 0 Å². The summed E-state index contributed by atoms with van der Waals surface area (Å²) < 4.78 is 0. The monoisotopic (exact) mass is 218 g/mol. The van der Waals surface area contributed by atoms with Crippen molar-refractivity contribution in [3.63, 3.8) is 0 Å². The second kappa shape index (κ2) is 4.76. The third-order valence-electron chi connectivity index (χ3n) is 3.16. The first-order chi connectivity index (χ1) is 7.66. The second-order valence-corrected chi connectivity index (χ2v) is 4.47. The highest BCUT2D eigenvalue weighted by molar-refractivity contribution is 5.94.